The molecule has 0 saturated carbocycles. The molecule has 1 aromatic rings. The van der Waals surface area contributed by atoms with Gasteiger partial charge in [0, 0.05) is 18.9 Å². The lowest BCUT2D eigenvalue weighted by atomic mass is 9.77. The predicted molar refractivity (Wildman–Crippen MR) is 115 cm³/mol. The van der Waals surface area contributed by atoms with Gasteiger partial charge in [-0.1, -0.05) is 42.5 Å². The van der Waals surface area contributed by atoms with Crippen LogP contribution in [0.2, 0.25) is 0 Å². The zero-order valence-electron chi connectivity index (χ0n) is 16.6. The molecule has 2 aliphatic heterocycles. The second-order valence-electron chi connectivity index (χ2n) is 7.68. The third-order valence-electron chi connectivity index (χ3n) is 5.67. The van der Waals surface area contributed by atoms with Crippen LogP contribution in [0.25, 0.3) is 0 Å². The molecule has 7 heteroatoms. The van der Waals surface area contributed by atoms with Gasteiger partial charge in [0.15, 0.2) is 0 Å². The van der Waals surface area contributed by atoms with Crippen molar-refractivity contribution in [1.29, 1.82) is 0 Å². The Bertz CT molecular complexity index is 697. The molecule has 3 N–H and O–H groups in total. The molecule has 0 spiro atoms. The molecule has 0 amide bonds. The lowest BCUT2D eigenvalue weighted by molar-refractivity contribution is -0.137. The van der Waals surface area contributed by atoms with Gasteiger partial charge in [-0.2, -0.15) is 0 Å². The summed E-state index contributed by atoms with van der Waals surface area (Å²) in [4.78, 5) is 10.6. The van der Waals surface area contributed by atoms with Crippen molar-refractivity contribution in [2.45, 2.75) is 57.3 Å². The normalized spacial score (nSPS) is 25.4. The largest absolute Gasteiger partial charge is 0.481 e. The van der Waals surface area contributed by atoms with Crippen LogP contribution in [0, 0.1) is 11.8 Å². The van der Waals surface area contributed by atoms with Crippen molar-refractivity contribution in [3.05, 3.63) is 48.0 Å². The zero-order valence-corrected chi connectivity index (χ0v) is 17.4. The fourth-order valence-corrected chi connectivity index (χ4v) is 4.35. The first-order chi connectivity index (χ1) is 14.1. The van der Waals surface area contributed by atoms with Crippen molar-refractivity contribution < 1.29 is 19.4 Å². The van der Waals surface area contributed by atoms with Gasteiger partial charge in [0.2, 0.25) is 0 Å². The molecule has 3 rings (SSSR count). The van der Waals surface area contributed by atoms with E-state index in [1.807, 2.05) is 30.3 Å². The average molecular weight is 419 g/mol. The summed E-state index contributed by atoms with van der Waals surface area (Å²) in [5.74, 6) is 0.184. The van der Waals surface area contributed by atoms with E-state index in [1.54, 1.807) is 0 Å². The number of ether oxygens (including phenoxy) is 2. The van der Waals surface area contributed by atoms with Gasteiger partial charge in [-0.05, 0) is 55.8 Å². The van der Waals surface area contributed by atoms with E-state index in [0.29, 0.717) is 42.2 Å². The predicted octanol–water partition coefficient (Wildman–Crippen LogP) is 3.58. The Morgan fingerprint density at radius 3 is 2.72 bits per heavy atom. The molecule has 0 radical (unpaired) electrons. The molecular formula is C22H30N2O4S. The van der Waals surface area contributed by atoms with E-state index in [2.05, 4.69) is 23.0 Å². The first kappa shape index (κ1) is 21.7. The van der Waals surface area contributed by atoms with Gasteiger partial charge < -0.3 is 14.6 Å². The number of allylic oxidation sites excluding steroid dienone is 2. The number of hydrogen-bond acceptors (Lipinski definition) is 5. The number of nitrogens with one attached hydrogen (secondary N) is 2. The maximum atomic E-state index is 10.6. The number of carbonyl (C=O) groups is 1. The van der Waals surface area contributed by atoms with E-state index in [9.17, 15) is 4.79 Å². The van der Waals surface area contributed by atoms with Crippen LogP contribution in [0.3, 0.4) is 0 Å². The summed E-state index contributed by atoms with van der Waals surface area (Å²) in [6, 6.07) is 9.93. The van der Waals surface area contributed by atoms with Gasteiger partial charge in [-0.3, -0.25) is 10.2 Å². The van der Waals surface area contributed by atoms with Crippen molar-refractivity contribution in [1.82, 2.24) is 10.9 Å². The Morgan fingerprint density at radius 2 is 1.97 bits per heavy atom. The molecule has 0 aromatic heterocycles. The van der Waals surface area contributed by atoms with Crippen LogP contribution >= 0.6 is 12.2 Å². The molecule has 2 saturated heterocycles. The Labute approximate surface area is 177 Å². The molecule has 2 heterocycles. The molecule has 0 unspecified atom stereocenters. The summed E-state index contributed by atoms with van der Waals surface area (Å²) in [5.41, 5.74) is 7.28. The Kier molecular flexibility index (Phi) is 8.46. The number of carboxylic acids is 1. The number of thiocarbonyl (C=S) groups is 1. The fourth-order valence-electron chi connectivity index (χ4n) is 4.22. The van der Waals surface area contributed by atoms with Crippen LogP contribution in [0.4, 0.5) is 0 Å². The zero-order chi connectivity index (χ0) is 20.5. The lowest BCUT2D eigenvalue weighted by Gasteiger charge is -2.27. The average Bonchev–Trinajstić information content (AvgIpc) is 3.32. The van der Waals surface area contributed by atoms with Gasteiger partial charge >= 0.3 is 5.97 Å². The molecule has 6 nitrogen and oxygen atoms in total. The highest BCUT2D eigenvalue weighted by Crippen LogP contribution is 2.44. The van der Waals surface area contributed by atoms with Crippen molar-refractivity contribution >= 4 is 23.4 Å². The van der Waals surface area contributed by atoms with E-state index in [4.69, 9.17) is 26.8 Å². The molecule has 2 aliphatic rings. The monoisotopic (exact) mass is 418 g/mol. The van der Waals surface area contributed by atoms with Crippen LogP contribution < -0.4 is 10.9 Å². The summed E-state index contributed by atoms with van der Waals surface area (Å²) < 4.78 is 11.7. The van der Waals surface area contributed by atoms with E-state index >= 15 is 0 Å². The number of benzene rings is 1. The number of hydrogen-bond donors (Lipinski definition) is 3. The van der Waals surface area contributed by atoms with E-state index in [-0.39, 0.29) is 6.42 Å². The van der Waals surface area contributed by atoms with E-state index in [0.717, 1.165) is 37.8 Å². The van der Waals surface area contributed by atoms with Gasteiger partial charge in [0.25, 0.3) is 5.17 Å². The van der Waals surface area contributed by atoms with Crippen LogP contribution in [-0.4, -0.2) is 35.0 Å². The number of rotatable bonds is 11. The smallest absolute Gasteiger partial charge is 0.303 e. The van der Waals surface area contributed by atoms with Crippen molar-refractivity contribution in [2.24, 2.45) is 11.8 Å². The van der Waals surface area contributed by atoms with Crippen LogP contribution in [0.5, 0.6) is 0 Å². The minimum absolute atomic E-state index is 0.228. The summed E-state index contributed by atoms with van der Waals surface area (Å²) in [7, 11) is 0. The summed E-state index contributed by atoms with van der Waals surface area (Å²) in [5, 5.41) is 9.03. The maximum absolute atomic E-state index is 10.6. The van der Waals surface area contributed by atoms with Gasteiger partial charge in [0.1, 0.15) is 6.61 Å². The van der Waals surface area contributed by atoms with E-state index < -0.39 is 5.97 Å². The number of unbranched alkanes of at least 4 members (excludes halogenated alkanes) is 1. The third-order valence-corrected chi connectivity index (χ3v) is 5.89. The van der Waals surface area contributed by atoms with Crippen molar-refractivity contribution in [3.8, 4) is 0 Å². The van der Waals surface area contributed by atoms with Gasteiger partial charge in [-0.15, -0.1) is 0 Å². The van der Waals surface area contributed by atoms with E-state index in [1.165, 1.54) is 0 Å². The second kappa shape index (κ2) is 11.3. The number of aliphatic carboxylic acids is 1. The number of carboxylic acid groups (broad SMARTS) is 1. The van der Waals surface area contributed by atoms with Gasteiger partial charge in [0.05, 0.1) is 12.2 Å². The fraction of sp³-hybridized carbons (Fsp3) is 0.545. The van der Waals surface area contributed by atoms with Crippen LogP contribution in [0.1, 0.15) is 44.1 Å². The van der Waals surface area contributed by atoms with Gasteiger partial charge in [-0.25, -0.2) is 5.43 Å². The summed E-state index contributed by atoms with van der Waals surface area (Å²) in [6.07, 6.45) is 9.86. The first-order valence-corrected chi connectivity index (χ1v) is 10.8. The number of hydrazine groups is 1. The lowest BCUT2D eigenvalue weighted by Crippen LogP contribution is -2.44. The SMILES string of the molecule is O=C(O)CCCC=CC[C@@H]1[C@@H](CNNC(=S)OCc2ccccc2)[C@@H]2CC[C@H]1O2. The molecule has 29 heavy (non-hydrogen) atoms. The molecular weight excluding hydrogens is 388 g/mol. The summed E-state index contributed by atoms with van der Waals surface area (Å²) >= 11 is 5.24. The quantitative estimate of drug-likeness (QED) is 0.219. The highest BCUT2D eigenvalue weighted by molar-refractivity contribution is 7.80. The molecule has 2 fully saturated rings. The summed E-state index contributed by atoms with van der Waals surface area (Å²) in [6.45, 7) is 1.22. The molecule has 1 aromatic carbocycles. The molecule has 4 atom stereocenters. The molecule has 0 aliphatic carbocycles. The Balaban J connectivity index is 1.36. The van der Waals surface area contributed by atoms with Crippen molar-refractivity contribution in [2.75, 3.05) is 6.54 Å². The number of fused-ring (bicyclic) bond motifs is 2. The van der Waals surface area contributed by atoms with Crippen molar-refractivity contribution in [3.63, 3.8) is 0 Å². The standard InChI is InChI=1S/C22H30N2O4S/c25-21(26)11-7-2-1-6-10-17-18(20-13-12-19(17)28-20)14-23-24-22(29)27-15-16-8-4-3-5-9-16/h1,3-6,8-9,17-20,23H,2,7,10-15H2,(H,24,29)(H,25,26)/t17-,18-,19-,20+/m1/s1. The minimum Gasteiger partial charge on any atom is -0.481 e. The highest BCUT2D eigenvalue weighted by Gasteiger charge is 2.47. The molecule has 2 bridgehead atoms. The van der Waals surface area contributed by atoms with Crippen LogP contribution in [-0.2, 0) is 20.9 Å². The topological polar surface area (TPSA) is 79.8 Å². The second-order valence-corrected chi connectivity index (χ2v) is 8.05. The molecule has 158 valence electrons. The Morgan fingerprint density at radius 1 is 1.21 bits per heavy atom. The first-order valence-electron chi connectivity index (χ1n) is 10.4. The maximum Gasteiger partial charge on any atom is 0.303 e. The minimum atomic E-state index is -0.732. The third kappa shape index (κ3) is 6.80. The Hall–Kier alpha value is -1.96. The van der Waals surface area contributed by atoms with Crippen LogP contribution in [0.15, 0.2) is 42.5 Å². The highest BCUT2D eigenvalue weighted by atomic mass is 32.1.